The first kappa shape index (κ1) is 22.2. The average molecular weight is 436 g/mol. The van der Waals surface area contributed by atoms with Crippen LogP contribution in [0.25, 0.3) is 0 Å². The molecule has 0 aliphatic carbocycles. The first-order valence-corrected chi connectivity index (χ1v) is 11.2. The molecule has 7 nitrogen and oxygen atoms in total. The molecule has 1 N–H and O–H groups in total. The fourth-order valence-electron chi connectivity index (χ4n) is 3.39. The van der Waals surface area contributed by atoms with Gasteiger partial charge in [-0.1, -0.05) is 18.2 Å². The molecule has 0 atom stereocenters. The summed E-state index contributed by atoms with van der Waals surface area (Å²) >= 11 is 0. The minimum absolute atomic E-state index is 0.0735. The van der Waals surface area contributed by atoms with Crippen molar-refractivity contribution in [2.24, 2.45) is 0 Å². The fourth-order valence-corrected chi connectivity index (χ4v) is 4.84. The van der Waals surface area contributed by atoms with Gasteiger partial charge in [0.2, 0.25) is 10.0 Å². The summed E-state index contributed by atoms with van der Waals surface area (Å²) in [4.78, 5) is 14.3. The molecule has 1 amide bonds. The topological polar surface area (TPSA) is 78.9 Å². The Balaban J connectivity index is 1.74. The highest BCUT2D eigenvalue weighted by Gasteiger charge is 2.30. The van der Waals surface area contributed by atoms with E-state index in [-0.39, 0.29) is 29.7 Å². The third kappa shape index (κ3) is 4.80. The number of carbonyl (C=O) groups is 1. The molecule has 162 valence electrons. The molecular weight excluding hydrogens is 409 g/mol. The summed E-state index contributed by atoms with van der Waals surface area (Å²) < 4.78 is 46.6. The minimum atomic E-state index is -3.77. The summed E-state index contributed by atoms with van der Waals surface area (Å²) in [7, 11) is -2.23. The van der Waals surface area contributed by atoms with Crippen molar-refractivity contribution < 1.29 is 22.3 Å². The molecule has 0 saturated carbocycles. The van der Waals surface area contributed by atoms with E-state index in [1.54, 1.807) is 31.2 Å². The van der Waals surface area contributed by atoms with Crippen LogP contribution in [-0.4, -0.2) is 65.1 Å². The van der Waals surface area contributed by atoms with Gasteiger partial charge in [-0.15, -0.1) is 0 Å². The van der Waals surface area contributed by atoms with E-state index in [1.807, 2.05) is 4.90 Å². The molecule has 0 radical (unpaired) electrons. The highest BCUT2D eigenvalue weighted by Crippen LogP contribution is 2.24. The molecule has 3 rings (SSSR count). The number of hydrogen-bond acceptors (Lipinski definition) is 5. The van der Waals surface area contributed by atoms with Crippen LogP contribution in [0.4, 0.5) is 10.1 Å². The Hall–Kier alpha value is -2.49. The molecule has 0 spiro atoms. The molecule has 1 saturated heterocycles. The number of amides is 1. The largest absolute Gasteiger partial charge is 0.383 e. The quantitative estimate of drug-likeness (QED) is 0.674. The Bertz CT molecular complexity index is 1010. The second-order valence-corrected chi connectivity index (χ2v) is 9.01. The van der Waals surface area contributed by atoms with Crippen molar-refractivity contribution in [2.75, 3.05) is 51.3 Å². The van der Waals surface area contributed by atoms with Gasteiger partial charge in [0, 0.05) is 45.4 Å². The van der Waals surface area contributed by atoms with Gasteiger partial charge in [-0.3, -0.25) is 4.79 Å². The van der Waals surface area contributed by atoms with E-state index in [1.165, 1.54) is 29.6 Å². The van der Waals surface area contributed by atoms with Crippen LogP contribution in [0.1, 0.15) is 15.9 Å². The van der Waals surface area contributed by atoms with Crippen LogP contribution in [-0.2, 0) is 14.8 Å². The van der Waals surface area contributed by atoms with Crippen molar-refractivity contribution >= 4 is 21.6 Å². The Kier molecular flexibility index (Phi) is 7.06. The molecule has 0 aromatic heterocycles. The molecule has 0 bridgehead atoms. The summed E-state index contributed by atoms with van der Waals surface area (Å²) in [5, 5.41) is 2.71. The van der Waals surface area contributed by atoms with Gasteiger partial charge in [-0.25, -0.2) is 12.8 Å². The number of sulfonamides is 1. The number of hydrogen-bond donors (Lipinski definition) is 1. The lowest BCUT2D eigenvalue weighted by Gasteiger charge is -2.35. The van der Waals surface area contributed by atoms with Crippen molar-refractivity contribution in [1.29, 1.82) is 0 Å². The molecule has 1 aliphatic rings. The highest BCUT2D eigenvalue weighted by molar-refractivity contribution is 7.89. The van der Waals surface area contributed by atoms with Gasteiger partial charge in [-0.05, 0) is 36.8 Å². The van der Waals surface area contributed by atoms with Crippen molar-refractivity contribution in [1.82, 2.24) is 9.62 Å². The van der Waals surface area contributed by atoms with Crippen LogP contribution >= 0.6 is 0 Å². The van der Waals surface area contributed by atoms with Gasteiger partial charge in [0.25, 0.3) is 5.91 Å². The van der Waals surface area contributed by atoms with Gasteiger partial charge in [0.05, 0.1) is 17.2 Å². The number of anilines is 1. The fraction of sp³-hybridized carbons (Fsp3) is 0.381. The molecular formula is C21H26FN3O4S. The van der Waals surface area contributed by atoms with E-state index in [0.29, 0.717) is 43.1 Å². The number of halogens is 1. The standard InChI is InChI=1S/C21H26FN3O4S/c1-16-7-8-17(15-18(16)21(26)23-9-14-29-2)30(27,28)25-12-10-24(11-13-25)20-6-4-3-5-19(20)22/h3-8,15H,9-14H2,1-2H3,(H,23,26). The predicted molar refractivity (Wildman–Crippen MR) is 113 cm³/mol. The van der Waals surface area contributed by atoms with Crippen molar-refractivity contribution in [3.8, 4) is 0 Å². The molecule has 2 aromatic rings. The zero-order chi connectivity index (χ0) is 21.7. The number of benzene rings is 2. The number of aryl methyl sites for hydroxylation is 1. The van der Waals surface area contributed by atoms with E-state index in [0.717, 1.165) is 0 Å². The average Bonchev–Trinajstić information content (AvgIpc) is 2.74. The molecule has 1 heterocycles. The first-order valence-electron chi connectivity index (χ1n) is 9.72. The third-order valence-electron chi connectivity index (χ3n) is 5.11. The molecule has 1 aliphatic heterocycles. The second-order valence-electron chi connectivity index (χ2n) is 7.07. The molecule has 0 unspecified atom stereocenters. The lowest BCUT2D eigenvalue weighted by molar-refractivity contribution is 0.0936. The van der Waals surface area contributed by atoms with E-state index in [2.05, 4.69) is 5.32 Å². The number of methoxy groups -OCH3 is 1. The van der Waals surface area contributed by atoms with Gasteiger partial charge in [-0.2, -0.15) is 4.31 Å². The zero-order valence-corrected chi connectivity index (χ0v) is 17.9. The minimum Gasteiger partial charge on any atom is -0.383 e. The summed E-state index contributed by atoms with van der Waals surface area (Å²) in [6.07, 6.45) is 0. The van der Waals surface area contributed by atoms with Crippen LogP contribution < -0.4 is 10.2 Å². The Morgan fingerprint density at radius 2 is 1.83 bits per heavy atom. The molecule has 30 heavy (non-hydrogen) atoms. The lowest BCUT2D eigenvalue weighted by Crippen LogP contribution is -2.48. The van der Waals surface area contributed by atoms with E-state index in [4.69, 9.17) is 4.74 Å². The lowest BCUT2D eigenvalue weighted by atomic mass is 10.1. The molecule has 9 heteroatoms. The number of rotatable bonds is 7. The van der Waals surface area contributed by atoms with Gasteiger partial charge in [0.15, 0.2) is 0 Å². The van der Waals surface area contributed by atoms with Crippen LogP contribution in [0.3, 0.4) is 0 Å². The van der Waals surface area contributed by atoms with Crippen molar-refractivity contribution in [3.05, 3.63) is 59.4 Å². The number of carbonyl (C=O) groups excluding carboxylic acids is 1. The van der Waals surface area contributed by atoms with Crippen molar-refractivity contribution in [2.45, 2.75) is 11.8 Å². The van der Waals surface area contributed by atoms with Gasteiger partial charge in [0.1, 0.15) is 5.82 Å². The maximum Gasteiger partial charge on any atom is 0.251 e. The summed E-state index contributed by atoms with van der Waals surface area (Å²) in [5.41, 5.74) is 1.48. The Morgan fingerprint density at radius 1 is 1.13 bits per heavy atom. The predicted octanol–water partition coefficient (Wildman–Crippen LogP) is 2.02. The van der Waals surface area contributed by atoms with E-state index >= 15 is 0 Å². The highest BCUT2D eigenvalue weighted by atomic mass is 32.2. The van der Waals surface area contributed by atoms with E-state index in [9.17, 15) is 17.6 Å². The summed E-state index contributed by atoms with van der Waals surface area (Å²) in [6, 6.07) is 11.0. The van der Waals surface area contributed by atoms with Crippen LogP contribution in [0.5, 0.6) is 0 Å². The third-order valence-corrected chi connectivity index (χ3v) is 7.01. The monoisotopic (exact) mass is 435 g/mol. The maximum absolute atomic E-state index is 14.0. The smallest absolute Gasteiger partial charge is 0.251 e. The normalized spacial score (nSPS) is 15.2. The van der Waals surface area contributed by atoms with Crippen LogP contribution in [0.15, 0.2) is 47.4 Å². The number of nitrogens with zero attached hydrogens (tertiary/aromatic N) is 2. The van der Waals surface area contributed by atoms with Gasteiger partial charge < -0.3 is 15.0 Å². The Labute approximate surface area is 176 Å². The van der Waals surface area contributed by atoms with Crippen LogP contribution in [0.2, 0.25) is 0 Å². The first-order chi connectivity index (χ1) is 14.3. The van der Waals surface area contributed by atoms with Crippen LogP contribution in [0, 0.1) is 12.7 Å². The number of para-hydroxylation sites is 1. The summed E-state index contributed by atoms with van der Waals surface area (Å²) in [6.45, 7) is 3.71. The van der Waals surface area contributed by atoms with Gasteiger partial charge >= 0.3 is 0 Å². The molecule has 1 fully saturated rings. The number of nitrogens with one attached hydrogen (secondary N) is 1. The maximum atomic E-state index is 14.0. The zero-order valence-electron chi connectivity index (χ0n) is 17.1. The molecule has 2 aromatic carbocycles. The number of ether oxygens (including phenoxy) is 1. The summed E-state index contributed by atoms with van der Waals surface area (Å²) in [5.74, 6) is -0.664. The Morgan fingerprint density at radius 3 is 2.50 bits per heavy atom. The second kappa shape index (κ2) is 9.55. The number of piperazine rings is 1. The SMILES string of the molecule is COCCNC(=O)c1cc(S(=O)(=O)N2CCN(c3ccccc3F)CC2)ccc1C. The van der Waals surface area contributed by atoms with E-state index < -0.39 is 10.0 Å². The van der Waals surface area contributed by atoms with Crippen molar-refractivity contribution in [3.63, 3.8) is 0 Å².